The molecule has 1 saturated heterocycles. The minimum atomic E-state index is -0.855. The maximum Gasteiger partial charge on any atom is 0.251 e. The van der Waals surface area contributed by atoms with E-state index in [1.165, 1.54) is 5.56 Å². The minimum absolute atomic E-state index is 0.128. The van der Waals surface area contributed by atoms with Gasteiger partial charge in [0.1, 0.15) is 6.10 Å². The van der Waals surface area contributed by atoms with E-state index in [4.69, 9.17) is 11.6 Å². The molecule has 0 spiro atoms. The maximum atomic E-state index is 12.1. The molecular weight excluding hydrogens is 320 g/mol. The molecule has 1 atom stereocenters. The van der Waals surface area contributed by atoms with Crippen LogP contribution in [-0.4, -0.2) is 65.1 Å². The molecule has 1 N–H and O–H groups in total. The standard InChI is InChI=1S/C16H23ClN2O2S/c1-22-10-5-15(20)16(21)19-8-6-18(7-9-19)12-13-3-2-4-14(17)11-13/h2-4,11,15,20H,5-10,12H2,1H3/t15-/m0/s1. The lowest BCUT2D eigenvalue weighted by Gasteiger charge is -2.35. The minimum Gasteiger partial charge on any atom is -0.383 e. The number of aliphatic hydroxyl groups is 1. The van der Waals surface area contributed by atoms with E-state index in [2.05, 4.69) is 11.0 Å². The number of rotatable bonds is 6. The largest absolute Gasteiger partial charge is 0.383 e. The molecule has 0 unspecified atom stereocenters. The maximum absolute atomic E-state index is 12.1. The monoisotopic (exact) mass is 342 g/mol. The topological polar surface area (TPSA) is 43.8 Å². The molecule has 6 heteroatoms. The zero-order valence-electron chi connectivity index (χ0n) is 12.9. The molecule has 0 radical (unpaired) electrons. The number of halogens is 1. The van der Waals surface area contributed by atoms with E-state index < -0.39 is 6.10 Å². The van der Waals surface area contributed by atoms with Gasteiger partial charge in [0.2, 0.25) is 0 Å². The smallest absolute Gasteiger partial charge is 0.251 e. The molecule has 0 aromatic heterocycles. The van der Waals surface area contributed by atoms with Gasteiger partial charge in [0.15, 0.2) is 0 Å². The molecule has 1 amide bonds. The number of piperazine rings is 1. The van der Waals surface area contributed by atoms with Crippen LogP contribution >= 0.6 is 23.4 Å². The van der Waals surface area contributed by atoms with Crippen molar-refractivity contribution in [2.24, 2.45) is 0 Å². The number of aliphatic hydroxyl groups excluding tert-OH is 1. The summed E-state index contributed by atoms with van der Waals surface area (Å²) in [5.41, 5.74) is 1.19. The Kier molecular flexibility index (Phi) is 7.02. The summed E-state index contributed by atoms with van der Waals surface area (Å²) in [5.74, 6) is 0.679. The molecule has 1 aliphatic rings. The summed E-state index contributed by atoms with van der Waals surface area (Å²) in [6, 6.07) is 7.87. The van der Waals surface area contributed by atoms with Crippen LogP contribution in [0.5, 0.6) is 0 Å². The lowest BCUT2D eigenvalue weighted by molar-refractivity contribution is -0.142. The number of hydrogen-bond acceptors (Lipinski definition) is 4. The number of nitrogens with zero attached hydrogens (tertiary/aromatic N) is 2. The first-order valence-electron chi connectivity index (χ1n) is 7.52. The van der Waals surface area contributed by atoms with Gasteiger partial charge in [-0.15, -0.1) is 0 Å². The van der Waals surface area contributed by atoms with Crippen LogP contribution in [-0.2, 0) is 11.3 Å². The van der Waals surface area contributed by atoms with Gasteiger partial charge in [0.05, 0.1) is 0 Å². The summed E-state index contributed by atoms with van der Waals surface area (Å²) >= 11 is 7.65. The van der Waals surface area contributed by atoms with Gasteiger partial charge in [-0.05, 0) is 36.1 Å². The van der Waals surface area contributed by atoms with E-state index in [0.29, 0.717) is 19.5 Å². The first-order valence-corrected chi connectivity index (χ1v) is 9.30. The number of hydrogen-bond donors (Lipinski definition) is 1. The van der Waals surface area contributed by atoms with Gasteiger partial charge in [0, 0.05) is 37.7 Å². The number of carbonyl (C=O) groups excluding carboxylic acids is 1. The molecular formula is C16H23ClN2O2S. The highest BCUT2D eigenvalue weighted by atomic mass is 35.5. The highest BCUT2D eigenvalue weighted by Crippen LogP contribution is 2.14. The van der Waals surface area contributed by atoms with Crippen LogP contribution in [0.3, 0.4) is 0 Å². The zero-order valence-corrected chi connectivity index (χ0v) is 14.4. The summed E-state index contributed by atoms with van der Waals surface area (Å²) in [7, 11) is 0. The van der Waals surface area contributed by atoms with Crippen molar-refractivity contribution in [2.45, 2.75) is 19.1 Å². The fraction of sp³-hybridized carbons (Fsp3) is 0.562. The van der Waals surface area contributed by atoms with Gasteiger partial charge in [-0.3, -0.25) is 9.69 Å². The Labute approximate surface area is 141 Å². The summed E-state index contributed by atoms with van der Waals surface area (Å²) in [6.45, 7) is 3.85. The molecule has 122 valence electrons. The average molecular weight is 343 g/mol. The third-order valence-corrected chi connectivity index (χ3v) is 4.74. The molecule has 1 aromatic carbocycles. The van der Waals surface area contributed by atoms with Crippen molar-refractivity contribution in [3.05, 3.63) is 34.9 Å². The van der Waals surface area contributed by atoms with Crippen molar-refractivity contribution < 1.29 is 9.90 Å². The Balaban J connectivity index is 1.79. The van der Waals surface area contributed by atoms with E-state index >= 15 is 0 Å². The van der Waals surface area contributed by atoms with Crippen LogP contribution in [0.2, 0.25) is 5.02 Å². The molecule has 1 heterocycles. The molecule has 1 aliphatic heterocycles. The molecule has 1 fully saturated rings. The summed E-state index contributed by atoms with van der Waals surface area (Å²) < 4.78 is 0. The van der Waals surface area contributed by atoms with Crippen LogP contribution < -0.4 is 0 Å². The normalized spacial score (nSPS) is 17.5. The van der Waals surface area contributed by atoms with E-state index in [0.717, 1.165) is 30.4 Å². The van der Waals surface area contributed by atoms with E-state index in [1.54, 1.807) is 16.7 Å². The second-order valence-corrected chi connectivity index (χ2v) is 6.95. The number of amides is 1. The molecule has 0 bridgehead atoms. The Morgan fingerprint density at radius 3 is 2.73 bits per heavy atom. The highest BCUT2D eigenvalue weighted by Gasteiger charge is 2.25. The predicted molar refractivity (Wildman–Crippen MR) is 92.3 cm³/mol. The summed E-state index contributed by atoms with van der Waals surface area (Å²) in [6.07, 6.45) is 1.65. The third-order valence-electron chi connectivity index (χ3n) is 3.86. The molecule has 2 rings (SSSR count). The lowest BCUT2D eigenvalue weighted by atomic mass is 10.2. The van der Waals surface area contributed by atoms with Gasteiger partial charge in [-0.2, -0.15) is 11.8 Å². The first-order chi connectivity index (χ1) is 10.6. The van der Waals surface area contributed by atoms with E-state index in [9.17, 15) is 9.90 Å². The molecule has 22 heavy (non-hydrogen) atoms. The van der Waals surface area contributed by atoms with Crippen molar-refractivity contribution >= 4 is 29.3 Å². The molecule has 1 aromatic rings. The van der Waals surface area contributed by atoms with Crippen LogP contribution in [0.25, 0.3) is 0 Å². The van der Waals surface area contributed by atoms with Gasteiger partial charge < -0.3 is 10.0 Å². The molecule has 4 nitrogen and oxygen atoms in total. The van der Waals surface area contributed by atoms with Gasteiger partial charge in [-0.1, -0.05) is 23.7 Å². The number of thioether (sulfide) groups is 1. The quantitative estimate of drug-likeness (QED) is 0.859. The van der Waals surface area contributed by atoms with Gasteiger partial charge in [0.25, 0.3) is 5.91 Å². The van der Waals surface area contributed by atoms with Crippen LogP contribution in [0.4, 0.5) is 0 Å². The summed E-state index contributed by atoms with van der Waals surface area (Å²) in [4.78, 5) is 16.2. The van der Waals surface area contributed by atoms with E-state index in [1.807, 2.05) is 24.5 Å². The van der Waals surface area contributed by atoms with Crippen LogP contribution in [0.15, 0.2) is 24.3 Å². The Morgan fingerprint density at radius 1 is 1.36 bits per heavy atom. The van der Waals surface area contributed by atoms with Crippen molar-refractivity contribution in [2.75, 3.05) is 38.2 Å². The summed E-state index contributed by atoms with van der Waals surface area (Å²) in [5, 5.41) is 10.7. The number of carbonyl (C=O) groups is 1. The van der Waals surface area contributed by atoms with Crippen molar-refractivity contribution in [1.29, 1.82) is 0 Å². The Morgan fingerprint density at radius 2 is 2.09 bits per heavy atom. The van der Waals surface area contributed by atoms with Crippen LogP contribution in [0.1, 0.15) is 12.0 Å². The van der Waals surface area contributed by atoms with E-state index in [-0.39, 0.29) is 5.91 Å². The SMILES string of the molecule is CSCC[C@H](O)C(=O)N1CCN(Cc2cccc(Cl)c2)CC1. The van der Waals surface area contributed by atoms with Gasteiger partial charge >= 0.3 is 0 Å². The second-order valence-electron chi connectivity index (χ2n) is 5.53. The molecule has 0 aliphatic carbocycles. The van der Waals surface area contributed by atoms with Crippen molar-refractivity contribution in [3.63, 3.8) is 0 Å². The third kappa shape index (κ3) is 5.16. The van der Waals surface area contributed by atoms with Crippen molar-refractivity contribution in [3.8, 4) is 0 Å². The number of benzene rings is 1. The Hall–Kier alpha value is -0.750. The average Bonchev–Trinajstić information content (AvgIpc) is 2.52. The van der Waals surface area contributed by atoms with Crippen molar-refractivity contribution in [1.82, 2.24) is 9.80 Å². The van der Waals surface area contributed by atoms with Gasteiger partial charge in [-0.25, -0.2) is 0 Å². The second kappa shape index (κ2) is 8.77. The predicted octanol–water partition coefficient (Wildman–Crippen LogP) is 2.10. The first kappa shape index (κ1) is 17.6. The fourth-order valence-electron chi connectivity index (χ4n) is 2.58. The van der Waals surface area contributed by atoms with Crippen LogP contribution in [0, 0.1) is 0 Å². The zero-order chi connectivity index (χ0) is 15.9. The molecule has 0 saturated carbocycles. The highest BCUT2D eigenvalue weighted by molar-refractivity contribution is 7.98. The fourth-order valence-corrected chi connectivity index (χ4v) is 3.26. The lowest BCUT2D eigenvalue weighted by Crippen LogP contribution is -2.51. The Bertz CT molecular complexity index is 493.